The van der Waals surface area contributed by atoms with Gasteiger partial charge in [0, 0.05) is 30.6 Å². The van der Waals surface area contributed by atoms with Gasteiger partial charge in [-0.1, -0.05) is 49.1 Å². The number of anilines is 1. The average Bonchev–Trinajstić information content (AvgIpc) is 2.91. The van der Waals surface area contributed by atoms with Gasteiger partial charge in [-0.2, -0.15) is 0 Å². The van der Waals surface area contributed by atoms with Crippen molar-refractivity contribution >= 4 is 39.1 Å². The zero-order valence-electron chi connectivity index (χ0n) is 23.3. The monoisotopic (exact) mass is 577 g/mol. The molecule has 1 aliphatic carbocycles. The summed E-state index contributed by atoms with van der Waals surface area (Å²) in [6, 6.07) is 12.0. The largest absolute Gasteiger partial charge is 0.497 e. The topological polar surface area (TPSA) is 96.0 Å². The molecule has 2 aromatic rings. The molecule has 0 radical (unpaired) electrons. The van der Waals surface area contributed by atoms with Gasteiger partial charge in [-0.25, -0.2) is 8.42 Å². The minimum atomic E-state index is -3.61. The number of halogens is 1. The lowest BCUT2D eigenvalue weighted by Crippen LogP contribution is -2.50. The van der Waals surface area contributed by atoms with E-state index in [0.29, 0.717) is 22.0 Å². The first-order valence-electron chi connectivity index (χ1n) is 13.5. The summed E-state index contributed by atoms with van der Waals surface area (Å²) < 4.78 is 31.9. The fourth-order valence-electron chi connectivity index (χ4n) is 4.97. The number of carbonyl (C=O) groups is 2. The van der Waals surface area contributed by atoms with Crippen LogP contribution in [0.15, 0.2) is 42.5 Å². The van der Waals surface area contributed by atoms with E-state index in [2.05, 4.69) is 5.32 Å². The summed E-state index contributed by atoms with van der Waals surface area (Å²) in [4.78, 5) is 28.3. The predicted octanol–water partition coefficient (Wildman–Crippen LogP) is 5.07. The van der Waals surface area contributed by atoms with Crippen LogP contribution in [0, 0.1) is 6.92 Å². The summed E-state index contributed by atoms with van der Waals surface area (Å²) in [5.41, 5.74) is 1.99. The lowest BCUT2D eigenvalue weighted by molar-refractivity contribution is -0.141. The second-order valence-corrected chi connectivity index (χ2v) is 12.5. The van der Waals surface area contributed by atoms with Crippen LogP contribution in [0.4, 0.5) is 5.69 Å². The number of sulfonamides is 1. The summed E-state index contributed by atoms with van der Waals surface area (Å²) in [5, 5.41) is 3.60. The highest BCUT2D eigenvalue weighted by Crippen LogP contribution is 2.28. The molecular formula is C29H40ClN3O5S. The third kappa shape index (κ3) is 8.60. The van der Waals surface area contributed by atoms with E-state index < -0.39 is 16.1 Å². The van der Waals surface area contributed by atoms with Gasteiger partial charge in [-0.15, -0.1) is 0 Å². The van der Waals surface area contributed by atoms with Gasteiger partial charge in [0.25, 0.3) is 0 Å². The Morgan fingerprint density at radius 1 is 1.13 bits per heavy atom. The normalized spacial score (nSPS) is 14.9. The number of nitrogens with zero attached hydrogens (tertiary/aromatic N) is 2. The van der Waals surface area contributed by atoms with Gasteiger partial charge in [0.2, 0.25) is 21.8 Å². The Labute approximate surface area is 237 Å². The minimum absolute atomic E-state index is 0.0800. The van der Waals surface area contributed by atoms with Crippen molar-refractivity contribution in [3.8, 4) is 5.75 Å². The fraction of sp³-hybridized carbons (Fsp3) is 0.517. The molecule has 1 fully saturated rings. The molecule has 214 valence electrons. The molecule has 1 atom stereocenters. The van der Waals surface area contributed by atoms with Crippen molar-refractivity contribution in [1.29, 1.82) is 0 Å². The molecule has 0 bridgehead atoms. The fourth-order valence-corrected chi connectivity index (χ4v) is 6.15. The lowest BCUT2D eigenvalue weighted by atomic mass is 9.95. The molecule has 8 nitrogen and oxygen atoms in total. The molecule has 0 aliphatic heterocycles. The van der Waals surface area contributed by atoms with Gasteiger partial charge in [0.1, 0.15) is 11.8 Å². The molecule has 3 rings (SSSR count). The number of rotatable bonds is 12. The predicted molar refractivity (Wildman–Crippen MR) is 156 cm³/mol. The molecule has 2 amide bonds. The summed E-state index contributed by atoms with van der Waals surface area (Å²) in [6.07, 6.45) is 6.77. The van der Waals surface area contributed by atoms with Crippen LogP contribution in [-0.2, 0) is 26.2 Å². The van der Waals surface area contributed by atoms with E-state index in [4.69, 9.17) is 16.3 Å². The Hall–Kier alpha value is -2.78. The first-order chi connectivity index (χ1) is 18.5. The highest BCUT2D eigenvalue weighted by molar-refractivity contribution is 7.92. The molecule has 0 saturated heterocycles. The Morgan fingerprint density at radius 2 is 1.82 bits per heavy atom. The zero-order chi connectivity index (χ0) is 28.6. The number of nitrogens with one attached hydrogen (secondary N) is 1. The molecule has 2 aromatic carbocycles. The first kappa shape index (κ1) is 30.8. The molecule has 1 N–H and O–H groups in total. The van der Waals surface area contributed by atoms with E-state index in [1.807, 2.05) is 24.3 Å². The molecular weight excluding hydrogens is 538 g/mol. The van der Waals surface area contributed by atoms with Gasteiger partial charge in [-0.3, -0.25) is 13.9 Å². The van der Waals surface area contributed by atoms with Crippen molar-refractivity contribution in [3.05, 3.63) is 58.6 Å². The number of carbonyl (C=O) groups excluding carboxylic acids is 2. The maximum Gasteiger partial charge on any atom is 0.242 e. The van der Waals surface area contributed by atoms with Crippen LogP contribution in [0.1, 0.15) is 63.0 Å². The van der Waals surface area contributed by atoms with Crippen LogP contribution < -0.4 is 14.4 Å². The van der Waals surface area contributed by atoms with Crippen LogP contribution in [-0.4, -0.2) is 57.1 Å². The number of hydrogen-bond donors (Lipinski definition) is 1. The number of amides is 2. The van der Waals surface area contributed by atoms with Gasteiger partial charge in [0.05, 0.1) is 19.1 Å². The Morgan fingerprint density at radius 3 is 2.49 bits per heavy atom. The molecule has 0 heterocycles. The summed E-state index contributed by atoms with van der Waals surface area (Å²) in [5.74, 6) is 0.269. The summed E-state index contributed by atoms with van der Waals surface area (Å²) in [6.45, 7) is 3.86. The van der Waals surface area contributed by atoms with Crippen LogP contribution in [0.2, 0.25) is 5.02 Å². The second kappa shape index (κ2) is 14.0. The molecule has 1 saturated carbocycles. The Kier molecular flexibility index (Phi) is 11.1. The Bertz CT molecular complexity index is 1250. The van der Waals surface area contributed by atoms with Crippen LogP contribution >= 0.6 is 11.6 Å². The van der Waals surface area contributed by atoms with Crippen LogP contribution in [0.25, 0.3) is 0 Å². The molecule has 10 heteroatoms. The third-order valence-corrected chi connectivity index (χ3v) is 8.86. The summed E-state index contributed by atoms with van der Waals surface area (Å²) >= 11 is 6.24. The molecule has 0 unspecified atom stereocenters. The quantitative estimate of drug-likeness (QED) is 0.380. The highest BCUT2D eigenvalue weighted by Gasteiger charge is 2.28. The maximum atomic E-state index is 13.6. The van der Waals surface area contributed by atoms with E-state index in [1.54, 1.807) is 44.1 Å². The third-order valence-electron chi connectivity index (χ3n) is 7.27. The smallest absolute Gasteiger partial charge is 0.242 e. The molecule has 1 aliphatic rings. The number of methoxy groups -OCH3 is 1. The standard InChI is InChI=1S/C29H40ClN3O5S/c1-21-26(30)15-9-16-27(21)33(39(4,36)37)18-10-17-28(34)32(20-23-11-8-14-25(19-23)38-3)22(2)29(35)31-24-12-6-5-7-13-24/h8-9,11,14-16,19,22,24H,5-7,10,12-13,17-18,20H2,1-4H3,(H,31,35)/t22-/m1/s1. The number of benzene rings is 2. The molecule has 39 heavy (non-hydrogen) atoms. The second-order valence-electron chi connectivity index (χ2n) is 10.2. The molecule has 0 aromatic heterocycles. The van der Waals surface area contributed by atoms with E-state index in [-0.39, 0.29) is 43.8 Å². The van der Waals surface area contributed by atoms with Crippen molar-refractivity contribution in [1.82, 2.24) is 10.2 Å². The van der Waals surface area contributed by atoms with Crippen molar-refractivity contribution in [2.45, 2.75) is 77.4 Å². The SMILES string of the molecule is COc1cccc(CN(C(=O)CCCN(c2cccc(Cl)c2C)S(C)(=O)=O)[C@H](C)C(=O)NC2CCCCC2)c1. The van der Waals surface area contributed by atoms with E-state index in [9.17, 15) is 18.0 Å². The zero-order valence-corrected chi connectivity index (χ0v) is 24.9. The average molecular weight is 578 g/mol. The maximum absolute atomic E-state index is 13.6. The Balaban J connectivity index is 1.75. The minimum Gasteiger partial charge on any atom is -0.497 e. The van der Waals surface area contributed by atoms with Crippen molar-refractivity contribution in [2.75, 3.05) is 24.2 Å². The van der Waals surface area contributed by atoms with Gasteiger partial charge in [-0.05, 0) is 68.5 Å². The van der Waals surface area contributed by atoms with Crippen molar-refractivity contribution < 1.29 is 22.7 Å². The van der Waals surface area contributed by atoms with Gasteiger partial charge >= 0.3 is 0 Å². The summed E-state index contributed by atoms with van der Waals surface area (Å²) in [7, 11) is -2.03. The van der Waals surface area contributed by atoms with Crippen molar-refractivity contribution in [2.24, 2.45) is 0 Å². The van der Waals surface area contributed by atoms with E-state index >= 15 is 0 Å². The number of hydrogen-bond acceptors (Lipinski definition) is 5. The van der Waals surface area contributed by atoms with Crippen molar-refractivity contribution in [3.63, 3.8) is 0 Å². The van der Waals surface area contributed by atoms with Crippen LogP contribution in [0.5, 0.6) is 5.75 Å². The number of ether oxygens (including phenoxy) is 1. The van der Waals surface area contributed by atoms with Gasteiger partial charge < -0.3 is 15.0 Å². The highest BCUT2D eigenvalue weighted by atomic mass is 35.5. The first-order valence-corrected chi connectivity index (χ1v) is 15.7. The van der Waals surface area contributed by atoms with E-state index in [0.717, 1.165) is 37.5 Å². The lowest BCUT2D eigenvalue weighted by Gasteiger charge is -2.31. The molecule has 0 spiro atoms. The van der Waals surface area contributed by atoms with E-state index in [1.165, 1.54) is 10.7 Å². The van der Waals surface area contributed by atoms with Gasteiger partial charge in [0.15, 0.2) is 0 Å². The van der Waals surface area contributed by atoms with Crippen LogP contribution in [0.3, 0.4) is 0 Å².